The minimum absolute atomic E-state index is 0.144. The number of hydrogen-bond donors (Lipinski definition) is 2. The highest BCUT2D eigenvalue weighted by molar-refractivity contribution is 5.76. The van der Waals surface area contributed by atoms with Gasteiger partial charge in [-0.25, -0.2) is 0 Å². The molecule has 19 heavy (non-hydrogen) atoms. The Bertz CT molecular complexity index is 385. The van der Waals surface area contributed by atoms with Gasteiger partial charge in [-0.15, -0.1) is 0 Å². The smallest absolute Gasteiger partial charge is 0.220 e. The molecule has 1 aromatic carbocycles. The minimum atomic E-state index is 0.144. The summed E-state index contributed by atoms with van der Waals surface area (Å²) in [5, 5.41) is 6.57. The van der Waals surface area contributed by atoms with Gasteiger partial charge in [-0.3, -0.25) is 4.79 Å². The first-order valence-corrected chi connectivity index (χ1v) is 7.37. The van der Waals surface area contributed by atoms with E-state index in [0.29, 0.717) is 12.5 Å². The highest BCUT2D eigenvalue weighted by atomic mass is 16.1. The lowest BCUT2D eigenvalue weighted by atomic mass is 10.0. The van der Waals surface area contributed by atoms with Gasteiger partial charge in [-0.2, -0.15) is 0 Å². The van der Waals surface area contributed by atoms with Gasteiger partial charge in [-0.05, 0) is 37.8 Å². The van der Waals surface area contributed by atoms with Gasteiger partial charge in [-0.1, -0.05) is 37.3 Å². The Morgan fingerprint density at radius 1 is 1.42 bits per heavy atom. The van der Waals surface area contributed by atoms with Crippen LogP contribution in [0, 0.1) is 0 Å². The molecule has 0 spiro atoms. The van der Waals surface area contributed by atoms with Crippen molar-refractivity contribution < 1.29 is 4.79 Å². The van der Waals surface area contributed by atoms with Crippen LogP contribution in [0.1, 0.15) is 50.6 Å². The van der Waals surface area contributed by atoms with Crippen LogP contribution in [-0.4, -0.2) is 18.5 Å². The summed E-state index contributed by atoms with van der Waals surface area (Å²) in [6, 6.07) is 10.9. The summed E-state index contributed by atoms with van der Waals surface area (Å²) in [5.74, 6) is 0.171. The van der Waals surface area contributed by atoms with Crippen LogP contribution in [0.25, 0.3) is 0 Å². The maximum Gasteiger partial charge on any atom is 0.220 e. The average molecular weight is 260 g/mol. The fourth-order valence-corrected chi connectivity index (χ4v) is 2.68. The molecular weight excluding hydrogens is 236 g/mol. The first-order chi connectivity index (χ1) is 9.29. The van der Waals surface area contributed by atoms with Gasteiger partial charge in [0.1, 0.15) is 0 Å². The topological polar surface area (TPSA) is 41.1 Å². The fourth-order valence-electron chi connectivity index (χ4n) is 2.68. The molecule has 2 atom stereocenters. The number of carbonyl (C=O) groups excluding carboxylic acids is 1. The van der Waals surface area contributed by atoms with E-state index in [1.807, 2.05) is 18.2 Å². The molecule has 1 aromatic rings. The van der Waals surface area contributed by atoms with Crippen molar-refractivity contribution in [3.63, 3.8) is 0 Å². The van der Waals surface area contributed by atoms with Crippen molar-refractivity contribution in [3.8, 4) is 0 Å². The summed E-state index contributed by atoms with van der Waals surface area (Å²) in [7, 11) is 0. The van der Waals surface area contributed by atoms with Gasteiger partial charge in [0.05, 0.1) is 6.04 Å². The quantitative estimate of drug-likeness (QED) is 0.826. The van der Waals surface area contributed by atoms with E-state index in [0.717, 1.165) is 19.4 Å². The van der Waals surface area contributed by atoms with Gasteiger partial charge in [0.2, 0.25) is 5.91 Å². The lowest BCUT2D eigenvalue weighted by Gasteiger charge is -2.18. The van der Waals surface area contributed by atoms with Crippen molar-refractivity contribution in [2.24, 2.45) is 0 Å². The van der Waals surface area contributed by atoms with Crippen molar-refractivity contribution in [2.75, 3.05) is 6.54 Å². The van der Waals surface area contributed by atoms with Crippen molar-refractivity contribution in [3.05, 3.63) is 35.9 Å². The normalized spacial score (nSPS) is 20.2. The summed E-state index contributed by atoms with van der Waals surface area (Å²) in [5.41, 5.74) is 1.19. The van der Waals surface area contributed by atoms with Gasteiger partial charge >= 0.3 is 0 Å². The summed E-state index contributed by atoms with van der Waals surface area (Å²) in [6.07, 6.45) is 4.96. The molecule has 2 unspecified atom stereocenters. The van der Waals surface area contributed by atoms with E-state index in [9.17, 15) is 4.79 Å². The highest BCUT2D eigenvalue weighted by Crippen LogP contribution is 2.17. The molecular formula is C16H24N2O. The second-order valence-corrected chi connectivity index (χ2v) is 5.27. The first kappa shape index (κ1) is 14.1. The maximum absolute atomic E-state index is 12.0. The third-order valence-corrected chi connectivity index (χ3v) is 3.83. The number of nitrogens with one attached hydrogen (secondary N) is 2. The summed E-state index contributed by atoms with van der Waals surface area (Å²) < 4.78 is 0. The number of amides is 1. The number of benzene rings is 1. The van der Waals surface area contributed by atoms with E-state index in [1.54, 1.807) is 0 Å². The predicted molar refractivity (Wildman–Crippen MR) is 77.9 cm³/mol. The monoisotopic (exact) mass is 260 g/mol. The molecule has 2 N–H and O–H groups in total. The van der Waals surface area contributed by atoms with Crippen molar-refractivity contribution in [2.45, 2.75) is 51.1 Å². The van der Waals surface area contributed by atoms with Crippen LogP contribution >= 0.6 is 0 Å². The predicted octanol–water partition coefficient (Wildman–Crippen LogP) is 2.79. The van der Waals surface area contributed by atoms with Crippen LogP contribution in [-0.2, 0) is 4.79 Å². The Labute approximate surface area is 115 Å². The van der Waals surface area contributed by atoms with E-state index in [4.69, 9.17) is 0 Å². The third-order valence-electron chi connectivity index (χ3n) is 3.83. The molecule has 3 heteroatoms. The molecule has 3 nitrogen and oxygen atoms in total. The Morgan fingerprint density at radius 2 is 2.21 bits per heavy atom. The van der Waals surface area contributed by atoms with Crippen LogP contribution in [0.2, 0.25) is 0 Å². The Morgan fingerprint density at radius 3 is 2.84 bits per heavy atom. The Balaban J connectivity index is 1.79. The van der Waals surface area contributed by atoms with E-state index < -0.39 is 0 Å². The molecule has 1 aliphatic rings. The van der Waals surface area contributed by atoms with Crippen molar-refractivity contribution in [1.82, 2.24) is 10.6 Å². The first-order valence-electron chi connectivity index (χ1n) is 7.37. The molecule has 1 aliphatic heterocycles. The molecule has 1 saturated heterocycles. The highest BCUT2D eigenvalue weighted by Gasteiger charge is 2.17. The van der Waals surface area contributed by atoms with E-state index in [2.05, 4.69) is 29.7 Å². The molecule has 0 aliphatic carbocycles. The van der Waals surface area contributed by atoms with E-state index in [1.165, 1.54) is 18.4 Å². The second kappa shape index (κ2) is 7.29. The van der Waals surface area contributed by atoms with E-state index >= 15 is 0 Å². The van der Waals surface area contributed by atoms with Crippen molar-refractivity contribution in [1.29, 1.82) is 0 Å². The fraction of sp³-hybridized carbons (Fsp3) is 0.562. The largest absolute Gasteiger partial charge is 0.349 e. The van der Waals surface area contributed by atoms with Crippen LogP contribution < -0.4 is 10.6 Å². The molecule has 2 rings (SSSR count). The van der Waals surface area contributed by atoms with Crippen LogP contribution in [0.15, 0.2) is 30.3 Å². The van der Waals surface area contributed by atoms with Gasteiger partial charge in [0.25, 0.3) is 0 Å². The minimum Gasteiger partial charge on any atom is -0.349 e. The van der Waals surface area contributed by atoms with Crippen LogP contribution in [0.3, 0.4) is 0 Å². The summed E-state index contributed by atoms with van der Waals surface area (Å²) in [4.78, 5) is 12.0. The molecule has 1 heterocycles. The van der Waals surface area contributed by atoms with Crippen LogP contribution in [0.5, 0.6) is 0 Å². The average Bonchev–Trinajstić information content (AvgIpc) is 2.97. The van der Waals surface area contributed by atoms with Gasteiger partial charge < -0.3 is 10.6 Å². The lowest BCUT2D eigenvalue weighted by Crippen LogP contribution is -2.30. The number of carbonyl (C=O) groups is 1. The SMILES string of the molecule is CCC(NC(=O)CCC1CCCN1)c1ccccc1. The van der Waals surface area contributed by atoms with Gasteiger partial charge in [0, 0.05) is 12.5 Å². The number of hydrogen-bond acceptors (Lipinski definition) is 2. The molecule has 0 saturated carbocycles. The van der Waals surface area contributed by atoms with Crippen molar-refractivity contribution >= 4 is 5.91 Å². The molecule has 0 aromatic heterocycles. The van der Waals surface area contributed by atoms with E-state index in [-0.39, 0.29) is 11.9 Å². The zero-order valence-electron chi connectivity index (χ0n) is 11.7. The molecule has 0 bridgehead atoms. The molecule has 1 amide bonds. The zero-order valence-corrected chi connectivity index (χ0v) is 11.7. The Hall–Kier alpha value is -1.35. The summed E-state index contributed by atoms with van der Waals surface area (Å²) >= 11 is 0. The Kier molecular flexibility index (Phi) is 5.40. The second-order valence-electron chi connectivity index (χ2n) is 5.27. The molecule has 0 radical (unpaired) electrons. The summed E-state index contributed by atoms with van der Waals surface area (Å²) in [6.45, 7) is 3.21. The maximum atomic E-state index is 12.0. The standard InChI is InChI=1S/C16H24N2O/c1-2-15(13-7-4-3-5-8-13)18-16(19)11-10-14-9-6-12-17-14/h3-5,7-8,14-15,17H,2,6,9-12H2,1H3,(H,18,19). The van der Waals surface area contributed by atoms with Gasteiger partial charge in [0.15, 0.2) is 0 Å². The molecule has 104 valence electrons. The third kappa shape index (κ3) is 4.35. The molecule has 1 fully saturated rings. The zero-order chi connectivity index (χ0) is 13.5. The number of rotatable bonds is 6. The van der Waals surface area contributed by atoms with Crippen LogP contribution in [0.4, 0.5) is 0 Å². The lowest BCUT2D eigenvalue weighted by molar-refractivity contribution is -0.122.